The van der Waals surface area contributed by atoms with E-state index in [-0.39, 0.29) is 22.7 Å². The molecule has 1 saturated heterocycles. The highest BCUT2D eigenvalue weighted by molar-refractivity contribution is 5.94. The van der Waals surface area contributed by atoms with E-state index in [9.17, 15) is 24.1 Å². The number of hydrogen-bond acceptors (Lipinski definition) is 6. The number of nitro benzene ring substituents is 1. The number of aromatic nitrogens is 1. The van der Waals surface area contributed by atoms with Crippen molar-refractivity contribution in [3.8, 4) is 0 Å². The van der Waals surface area contributed by atoms with Gasteiger partial charge in [0.15, 0.2) is 0 Å². The molecule has 9 nitrogen and oxygen atoms in total. The van der Waals surface area contributed by atoms with Gasteiger partial charge in [-0.25, -0.2) is 4.39 Å². The number of carbonyl (C=O) groups excluding carboxylic acids is 1. The zero-order chi connectivity index (χ0) is 25.4. The van der Waals surface area contributed by atoms with Gasteiger partial charge in [-0.1, -0.05) is 6.08 Å². The lowest BCUT2D eigenvalue weighted by atomic mass is 10.1. The summed E-state index contributed by atoms with van der Waals surface area (Å²) in [6, 6.07) is 11.3. The number of rotatable bonds is 5. The summed E-state index contributed by atoms with van der Waals surface area (Å²) in [4.78, 5) is 42.6. The predicted molar refractivity (Wildman–Crippen MR) is 136 cm³/mol. The number of fused-ring (bicyclic) bond motifs is 1. The lowest BCUT2D eigenvalue weighted by molar-refractivity contribution is -0.383. The zero-order valence-electron chi connectivity index (χ0n) is 19.8. The summed E-state index contributed by atoms with van der Waals surface area (Å²) < 4.78 is 13.8. The lowest BCUT2D eigenvalue weighted by Crippen LogP contribution is -2.49. The Morgan fingerprint density at radius 3 is 2.50 bits per heavy atom. The van der Waals surface area contributed by atoms with Crippen molar-refractivity contribution in [3.63, 3.8) is 0 Å². The number of halogens is 1. The highest BCUT2D eigenvalue weighted by Crippen LogP contribution is 2.33. The number of anilines is 1. The van der Waals surface area contributed by atoms with E-state index in [1.807, 2.05) is 24.3 Å². The standard InChI is InChI=1S/C26H26FN5O4/c1-28-25(33)16-2-5-19(6-3-16)30-8-10-31(11-9-30)20-7-4-17(12-20)23-15-21-22(26(34)29-23)13-18(27)14-24(21)32(35)36/h2-3,5-6,12-15,20H,4,7-11H2,1H3,(H,28,33)(H,29,34). The van der Waals surface area contributed by atoms with Gasteiger partial charge in [-0.2, -0.15) is 0 Å². The van der Waals surface area contributed by atoms with Crippen molar-refractivity contribution in [2.75, 3.05) is 38.1 Å². The number of amides is 1. The van der Waals surface area contributed by atoms with Crippen LogP contribution in [0, 0.1) is 15.9 Å². The zero-order valence-corrected chi connectivity index (χ0v) is 19.8. The first kappa shape index (κ1) is 23.7. The Bertz CT molecular complexity index is 1420. The molecule has 0 bridgehead atoms. The Morgan fingerprint density at radius 2 is 1.83 bits per heavy atom. The number of carbonyl (C=O) groups is 1. The number of benzene rings is 2. The third-order valence-corrected chi connectivity index (χ3v) is 7.06. The smallest absolute Gasteiger partial charge is 0.280 e. The fraction of sp³-hybridized carbons (Fsp3) is 0.308. The number of nitro groups is 1. The first-order valence-corrected chi connectivity index (χ1v) is 11.9. The molecule has 186 valence electrons. The van der Waals surface area contributed by atoms with Gasteiger partial charge in [0.1, 0.15) is 5.82 Å². The van der Waals surface area contributed by atoms with Gasteiger partial charge in [-0.05, 0) is 54.8 Å². The summed E-state index contributed by atoms with van der Waals surface area (Å²) in [5.74, 6) is -0.918. The Labute approximate surface area is 206 Å². The molecule has 0 spiro atoms. The van der Waals surface area contributed by atoms with Gasteiger partial charge in [0.05, 0.1) is 21.8 Å². The molecule has 3 aromatic rings. The minimum Gasteiger partial charge on any atom is -0.369 e. The van der Waals surface area contributed by atoms with Crippen molar-refractivity contribution in [1.82, 2.24) is 15.2 Å². The molecule has 1 amide bonds. The second kappa shape index (κ2) is 9.54. The molecule has 2 aliphatic rings. The largest absolute Gasteiger partial charge is 0.369 e. The van der Waals surface area contributed by atoms with Crippen LogP contribution in [0.3, 0.4) is 0 Å². The molecule has 10 heteroatoms. The number of allylic oxidation sites excluding steroid dienone is 1. The number of aromatic amines is 1. The number of piperazine rings is 1. The van der Waals surface area contributed by atoms with Crippen LogP contribution in [0.15, 0.2) is 53.3 Å². The lowest BCUT2D eigenvalue weighted by Gasteiger charge is -2.38. The number of nitrogens with zero attached hydrogens (tertiary/aromatic N) is 3. The van der Waals surface area contributed by atoms with Crippen molar-refractivity contribution in [1.29, 1.82) is 0 Å². The molecule has 36 heavy (non-hydrogen) atoms. The van der Waals surface area contributed by atoms with Gasteiger partial charge in [-0.3, -0.25) is 24.6 Å². The molecule has 1 aliphatic heterocycles. The minimum atomic E-state index is -0.811. The Balaban J connectivity index is 1.30. The number of nitrogens with one attached hydrogen (secondary N) is 2. The maximum Gasteiger partial charge on any atom is 0.280 e. The van der Waals surface area contributed by atoms with Gasteiger partial charge < -0.3 is 15.2 Å². The second-order valence-corrected chi connectivity index (χ2v) is 9.10. The van der Waals surface area contributed by atoms with Crippen molar-refractivity contribution in [3.05, 3.63) is 86.1 Å². The molecule has 1 aromatic heterocycles. The van der Waals surface area contributed by atoms with E-state index in [1.165, 1.54) is 0 Å². The summed E-state index contributed by atoms with van der Waals surface area (Å²) in [7, 11) is 1.61. The second-order valence-electron chi connectivity index (χ2n) is 9.10. The maximum atomic E-state index is 13.8. The van der Waals surface area contributed by atoms with Crippen molar-refractivity contribution >= 4 is 33.6 Å². The molecular weight excluding hydrogens is 465 g/mol. The van der Waals surface area contributed by atoms with E-state index in [1.54, 1.807) is 13.1 Å². The van der Waals surface area contributed by atoms with Crippen LogP contribution < -0.4 is 15.8 Å². The maximum absolute atomic E-state index is 13.8. The molecule has 1 atom stereocenters. The normalized spacial score (nSPS) is 18.3. The summed E-state index contributed by atoms with van der Waals surface area (Å²) >= 11 is 0. The van der Waals surface area contributed by atoms with Crippen LogP contribution in [0.5, 0.6) is 0 Å². The summed E-state index contributed by atoms with van der Waals surface area (Å²) in [6.07, 6.45) is 3.75. The van der Waals surface area contributed by atoms with E-state index in [2.05, 4.69) is 26.2 Å². The van der Waals surface area contributed by atoms with Crippen LogP contribution in [0.1, 0.15) is 28.9 Å². The van der Waals surface area contributed by atoms with Crippen LogP contribution in [0.2, 0.25) is 0 Å². The monoisotopic (exact) mass is 491 g/mol. The number of pyridine rings is 1. The number of non-ortho nitro benzene ring substituents is 1. The number of H-pyrrole nitrogens is 1. The van der Waals surface area contributed by atoms with Crippen LogP contribution >= 0.6 is 0 Å². The fourth-order valence-electron chi connectivity index (χ4n) is 5.13. The number of hydrogen-bond donors (Lipinski definition) is 2. The van der Waals surface area contributed by atoms with Gasteiger partial charge in [-0.15, -0.1) is 0 Å². The van der Waals surface area contributed by atoms with Crippen LogP contribution in [-0.4, -0.2) is 60.0 Å². The third kappa shape index (κ3) is 4.47. The van der Waals surface area contributed by atoms with Crippen LogP contribution in [-0.2, 0) is 0 Å². The third-order valence-electron chi connectivity index (χ3n) is 7.06. The Hall–Kier alpha value is -4.05. The first-order chi connectivity index (χ1) is 17.3. The van der Waals surface area contributed by atoms with Crippen molar-refractivity contribution in [2.24, 2.45) is 0 Å². The quantitative estimate of drug-likeness (QED) is 0.419. The molecule has 2 N–H and O–H groups in total. The van der Waals surface area contributed by atoms with Crippen LogP contribution in [0.25, 0.3) is 16.3 Å². The Kier molecular flexibility index (Phi) is 6.27. The molecule has 1 fully saturated rings. The van der Waals surface area contributed by atoms with Crippen molar-refractivity contribution in [2.45, 2.75) is 18.9 Å². The molecule has 1 unspecified atom stereocenters. The molecule has 0 saturated carbocycles. The van der Waals surface area contributed by atoms with E-state index < -0.39 is 22.0 Å². The van der Waals surface area contributed by atoms with E-state index in [0.29, 0.717) is 11.3 Å². The van der Waals surface area contributed by atoms with E-state index in [4.69, 9.17) is 0 Å². The average molecular weight is 492 g/mol. The average Bonchev–Trinajstić information content (AvgIpc) is 3.39. The topological polar surface area (TPSA) is 112 Å². The summed E-state index contributed by atoms with van der Waals surface area (Å²) in [5, 5.41) is 14.2. The molecule has 2 aromatic carbocycles. The van der Waals surface area contributed by atoms with E-state index >= 15 is 0 Å². The molecule has 1 aliphatic carbocycles. The summed E-state index contributed by atoms with van der Waals surface area (Å²) in [6.45, 7) is 3.43. The molecule has 5 rings (SSSR count). The van der Waals surface area contributed by atoms with Gasteiger partial charge in [0.2, 0.25) is 0 Å². The predicted octanol–water partition coefficient (Wildman–Crippen LogP) is 3.30. The summed E-state index contributed by atoms with van der Waals surface area (Å²) in [5.41, 5.74) is 2.24. The molecule has 0 radical (unpaired) electrons. The van der Waals surface area contributed by atoms with Crippen molar-refractivity contribution < 1.29 is 14.1 Å². The minimum absolute atomic E-state index is 0.0277. The SMILES string of the molecule is CNC(=O)c1ccc(N2CCN(C3C=C(c4cc5c([N+](=O)[O-])cc(F)cc5c(=O)[nH]4)CC3)CC2)cc1. The first-order valence-electron chi connectivity index (χ1n) is 11.9. The van der Waals surface area contributed by atoms with Gasteiger partial charge >= 0.3 is 0 Å². The van der Waals surface area contributed by atoms with Gasteiger partial charge in [0.25, 0.3) is 17.2 Å². The Morgan fingerprint density at radius 1 is 1.11 bits per heavy atom. The highest BCUT2D eigenvalue weighted by Gasteiger charge is 2.27. The van der Waals surface area contributed by atoms with E-state index in [0.717, 1.165) is 62.4 Å². The molecule has 2 heterocycles. The van der Waals surface area contributed by atoms with Gasteiger partial charge in [0, 0.05) is 56.2 Å². The molecular formula is C26H26FN5O4. The fourth-order valence-corrected chi connectivity index (χ4v) is 5.13. The highest BCUT2D eigenvalue weighted by atomic mass is 19.1. The van der Waals surface area contributed by atoms with Crippen LogP contribution in [0.4, 0.5) is 15.8 Å².